The quantitative estimate of drug-likeness (QED) is 0.641. The maximum Gasteiger partial charge on any atom is 0.216 e. The van der Waals surface area contributed by atoms with Gasteiger partial charge in [0.15, 0.2) is 0 Å². The molecule has 15 heavy (non-hydrogen) atoms. The maximum atomic E-state index is 10.6. The molecule has 0 aliphatic carbocycles. The van der Waals surface area contributed by atoms with E-state index in [0.29, 0.717) is 6.04 Å². The minimum absolute atomic E-state index is 0.0478. The summed E-state index contributed by atoms with van der Waals surface area (Å²) >= 11 is 0. The molecule has 1 rings (SSSR count). The second-order valence-corrected chi connectivity index (χ2v) is 4.32. The van der Waals surface area contributed by atoms with Crippen LogP contribution in [0.1, 0.15) is 26.2 Å². The van der Waals surface area contributed by atoms with Gasteiger partial charge in [-0.15, -0.1) is 0 Å². The molecule has 0 spiro atoms. The third kappa shape index (κ3) is 5.14. The number of hydrogen-bond acceptors (Lipinski definition) is 3. The van der Waals surface area contributed by atoms with E-state index in [-0.39, 0.29) is 5.91 Å². The van der Waals surface area contributed by atoms with Crippen LogP contribution in [0.4, 0.5) is 0 Å². The molecule has 0 saturated carbocycles. The van der Waals surface area contributed by atoms with Crippen molar-refractivity contribution in [3.05, 3.63) is 0 Å². The molecular weight excluding hydrogens is 190 g/mol. The first-order chi connectivity index (χ1) is 7.20. The number of nitrogens with zero attached hydrogens (tertiary/aromatic N) is 1. The molecule has 1 unspecified atom stereocenters. The zero-order valence-corrected chi connectivity index (χ0v) is 9.88. The van der Waals surface area contributed by atoms with E-state index in [4.69, 9.17) is 0 Å². The van der Waals surface area contributed by atoms with Crippen LogP contribution in [0, 0.1) is 0 Å². The van der Waals surface area contributed by atoms with E-state index < -0.39 is 0 Å². The monoisotopic (exact) mass is 213 g/mol. The predicted octanol–water partition coefficient (Wildman–Crippen LogP) is 0.196. The zero-order valence-electron chi connectivity index (χ0n) is 9.88. The second-order valence-electron chi connectivity index (χ2n) is 4.32. The summed E-state index contributed by atoms with van der Waals surface area (Å²) in [5.41, 5.74) is 0. The van der Waals surface area contributed by atoms with E-state index in [2.05, 4.69) is 22.6 Å². The molecule has 88 valence electrons. The molecule has 1 heterocycles. The highest BCUT2D eigenvalue weighted by Crippen LogP contribution is 2.13. The number of likely N-dealkylation sites (tertiary alicyclic amines) is 1. The average molecular weight is 213 g/mol. The van der Waals surface area contributed by atoms with Crippen molar-refractivity contribution in [3.8, 4) is 0 Å². The van der Waals surface area contributed by atoms with Crippen molar-refractivity contribution in [2.24, 2.45) is 0 Å². The lowest BCUT2D eigenvalue weighted by atomic mass is 10.0. The van der Waals surface area contributed by atoms with Gasteiger partial charge in [-0.1, -0.05) is 6.42 Å². The van der Waals surface area contributed by atoms with Crippen LogP contribution in [0.3, 0.4) is 0 Å². The van der Waals surface area contributed by atoms with Gasteiger partial charge in [-0.25, -0.2) is 0 Å². The van der Waals surface area contributed by atoms with Gasteiger partial charge in [0.1, 0.15) is 0 Å². The van der Waals surface area contributed by atoms with Crippen molar-refractivity contribution in [1.82, 2.24) is 15.5 Å². The van der Waals surface area contributed by atoms with Crippen molar-refractivity contribution in [2.45, 2.75) is 32.2 Å². The molecular formula is C11H23N3O. The molecule has 1 atom stereocenters. The maximum absolute atomic E-state index is 10.6. The molecule has 1 aliphatic heterocycles. The van der Waals surface area contributed by atoms with Crippen LogP contribution in [0.25, 0.3) is 0 Å². The highest BCUT2D eigenvalue weighted by Gasteiger charge is 2.17. The molecule has 1 fully saturated rings. The van der Waals surface area contributed by atoms with Gasteiger partial charge in [0, 0.05) is 32.6 Å². The van der Waals surface area contributed by atoms with Crippen LogP contribution >= 0.6 is 0 Å². The Kier molecular flexibility index (Phi) is 5.65. The predicted molar refractivity (Wildman–Crippen MR) is 61.8 cm³/mol. The van der Waals surface area contributed by atoms with Crippen LogP contribution in [0.5, 0.6) is 0 Å². The van der Waals surface area contributed by atoms with Gasteiger partial charge in [-0.05, 0) is 26.4 Å². The molecule has 0 radical (unpaired) electrons. The number of piperidine rings is 1. The van der Waals surface area contributed by atoms with Crippen molar-refractivity contribution in [1.29, 1.82) is 0 Å². The molecule has 0 bridgehead atoms. The van der Waals surface area contributed by atoms with Crippen molar-refractivity contribution >= 4 is 5.91 Å². The van der Waals surface area contributed by atoms with Crippen molar-refractivity contribution in [2.75, 3.05) is 33.2 Å². The standard InChI is InChI=1S/C11H23N3O/c1-10(15)13-7-6-12-9-11-5-3-4-8-14(11)2/h11-12H,3-9H2,1-2H3,(H,13,15). The molecule has 1 saturated heterocycles. The Morgan fingerprint density at radius 1 is 1.40 bits per heavy atom. The molecule has 0 aromatic carbocycles. The van der Waals surface area contributed by atoms with Gasteiger partial charge >= 0.3 is 0 Å². The first-order valence-corrected chi connectivity index (χ1v) is 5.85. The van der Waals surface area contributed by atoms with E-state index in [9.17, 15) is 4.79 Å². The summed E-state index contributed by atoms with van der Waals surface area (Å²) in [6.45, 7) is 5.40. The van der Waals surface area contributed by atoms with E-state index in [0.717, 1.165) is 19.6 Å². The highest BCUT2D eigenvalue weighted by atomic mass is 16.1. The van der Waals surface area contributed by atoms with Gasteiger partial charge in [0.2, 0.25) is 5.91 Å². The fourth-order valence-corrected chi connectivity index (χ4v) is 2.00. The van der Waals surface area contributed by atoms with Crippen LogP contribution in [-0.4, -0.2) is 50.1 Å². The fourth-order valence-electron chi connectivity index (χ4n) is 2.00. The van der Waals surface area contributed by atoms with Gasteiger partial charge < -0.3 is 15.5 Å². The number of nitrogens with one attached hydrogen (secondary N) is 2. The zero-order chi connectivity index (χ0) is 11.1. The highest BCUT2D eigenvalue weighted by molar-refractivity contribution is 5.72. The molecule has 0 aromatic rings. The van der Waals surface area contributed by atoms with Crippen molar-refractivity contribution < 1.29 is 4.79 Å². The minimum atomic E-state index is 0.0478. The van der Waals surface area contributed by atoms with Crippen LogP contribution in [0.2, 0.25) is 0 Å². The number of carbonyl (C=O) groups excluding carboxylic acids is 1. The van der Waals surface area contributed by atoms with Crippen LogP contribution in [-0.2, 0) is 4.79 Å². The number of amides is 1. The lowest BCUT2D eigenvalue weighted by molar-refractivity contribution is -0.118. The molecule has 4 heteroatoms. The molecule has 0 aromatic heterocycles. The SMILES string of the molecule is CC(=O)NCCNCC1CCCCN1C. The first kappa shape index (κ1) is 12.5. The lowest BCUT2D eigenvalue weighted by Crippen LogP contribution is -2.44. The summed E-state index contributed by atoms with van der Waals surface area (Å²) in [6.07, 6.45) is 3.98. The number of likely N-dealkylation sites (N-methyl/N-ethyl adjacent to an activating group) is 1. The van der Waals surface area contributed by atoms with Gasteiger partial charge in [-0.2, -0.15) is 0 Å². The fraction of sp³-hybridized carbons (Fsp3) is 0.909. The molecule has 1 aliphatic rings. The number of hydrogen-bond donors (Lipinski definition) is 2. The third-order valence-corrected chi connectivity index (χ3v) is 2.98. The van der Waals surface area contributed by atoms with Crippen LogP contribution in [0.15, 0.2) is 0 Å². The first-order valence-electron chi connectivity index (χ1n) is 5.85. The second kappa shape index (κ2) is 6.80. The third-order valence-electron chi connectivity index (χ3n) is 2.98. The lowest BCUT2D eigenvalue weighted by Gasteiger charge is -2.32. The Morgan fingerprint density at radius 2 is 2.20 bits per heavy atom. The van der Waals surface area contributed by atoms with Gasteiger partial charge in [0.05, 0.1) is 0 Å². The molecule has 4 nitrogen and oxygen atoms in total. The number of carbonyl (C=O) groups is 1. The van der Waals surface area contributed by atoms with Gasteiger partial charge in [-0.3, -0.25) is 4.79 Å². The molecule has 2 N–H and O–H groups in total. The largest absolute Gasteiger partial charge is 0.355 e. The summed E-state index contributed by atoms with van der Waals surface area (Å²) in [5, 5.41) is 6.16. The van der Waals surface area contributed by atoms with E-state index in [1.807, 2.05) is 0 Å². The average Bonchev–Trinajstić information content (AvgIpc) is 2.20. The number of rotatable bonds is 5. The Labute approximate surface area is 92.4 Å². The van der Waals surface area contributed by atoms with E-state index in [1.165, 1.54) is 25.8 Å². The minimum Gasteiger partial charge on any atom is -0.355 e. The molecule has 1 amide bonds. The van der Waals surface area contributed by atoms with E-state index >= 15 is 0 Å². The smallest absolute Gasteiger partial charge is 0.216 e. The Bertz CT molecular complexity index is 196. The van der Waals surface area contributed by atoms with Crippen molar-refractivity contribution in [3.63, 3.8) is 0 Å². The van der Waals surface area contributed by atoms with E-state index in [1.54, 1.807) is 6.92 Å². The topological polar surface area (TPSA) is 44.4 Å². The summed E-state index contributed by atoms with van der Waals surface area (Å²) < 4.78 is 0. The normalized spacial score (nSPS) is 22.7. The summed E-state index contributed by atoms with van der Waals surface area (Å²) in [5.74, 6) is 0.0478. The Morgan fingerprint density at radius 3 is 2.87 bits per heavy atom. The summed E-state index contributed by atoms with van der Waals surface area (Å²) in [6, 6.07) is 0.677. The van der Waals surface area contributed by atoms with Crippen LogP contribution < -0.4 is 10.6 Å². The Hall–Kier alpha value is -0.610. The summed E-state index contributed by atoms with van der Waals surface area (Å²) in [7, 11) is 2.19. The summed E-state index contributed by atoms with van der Waals surface area (Å²) in [4.78, 5) is 13.0. The van der Waals surface area contributed by atoms with Gasteiger partial charge in [0.25, 0.3) is 0 Å². The Balaban J connectivity index is 2.01.